The largest absolute Gasteiger partial charge is 0.508 e. The van der Waals surface area contributed by atoms with E-state index in [2.05, 4.69) is 10.6 Å². The molecule has 0 radical (unpaired) electrons. The van der Waals surface area contributed by atoms with Crippen LogP contribution in [-0.4, -0.2) is 35.7 Å². The third-order valence-electron chi connectivity index (χ3n) is 4.82. The number of benzene rings is 3. The van der Waals surface area contributed by atoms with Gasteiger partial charge >= 0.3 is 5.97 Å². The van der Waals surface area contributed by atoms with Crippen molar-refractivity contribution in [3.05, 3.63) is 70.4 Å². The van der Waals surface area contributed by atoms with Crippen LogP contribution in [0.4, 0.5) is 5.69 Å². The monoisotopic (exact) mass is 418 g/mol. The number of carbonyl (C=O) groups excluding carboxylic acids is 1. The van der Waals surface area contributed by atoms with Crippen LogP contribution in [0.3, 0.4) is 0 Å². The van der Waals surface area contributed by atoms with Crippen LogP contribution >= 0.6 is 0 Å². The molecule has 31 heavy (non-hydrogen) atoms. The molecule has 0 bridgehead atoms. The van der Waals surface area contributed by atoms with Crippen molar-refractivity contribution in [1.82, 2.24) is 5.32 Å². The van der Waals surface area contributed by atoms with Gasteiger partial charge < -0.3 is 25.3 Å². The Morgan fingerprint density at radius 1 is 1.00 bits per heavy atom. The molecule has 0 spiro atoms. The standard InChI is InChI=1S/C23H18N2O6/c1-24-11-21(28)25-12-2-5-15(23(29)30)18(8-12)22-16-6-3-13(26)9-19(16)31-20-10-14(27)4-7-17(20)22/h2-10,24,26H,11H2,1H3,(H,25,28)(H,29,30). The summed E-state index contributed by atoms with van der Waals surface area (Å²) in [6, 6.07) is 13.2. The number of anilines is 1. The second-order valence-electron chi connectivity index (χ2n) is 6.96. The van der Waals surface area contributed by atoms with Gasteiger partial charge in [0.05, 0.1) is 12.1 Å². The molecule has 1 aliphatic carbocycles. The lowest BCUT2D eigenvalue weighted by Gasteiger charge is -2.17. The highest BCUT2D eigenvalue weighted by atomic mass is 16.4. The number of aromatic hydroxyl groups is 1. The van der Waals surface area contributed by atoms with Crippen LogP contribution in [0, 0.1) is 0 Å². The SMILES string of the molecule is CNCC(=O)Nc1ccc(C(=O)O)c(-c2c3ccc(=O)cc-3oc3cc(O)ccc23)c1. The van der Waals surface area contributed by atoms with E-state index in [9.17, 15) is 24.6 Å². The minimum absolute atomic E-state index is 0.0136. The third kappa shape index (κ3) is 3.84. The van der Waals surface area contributed by atoms with E-state index in [1.807, 2.05) is 0 Å². The minimum atomic E-state index is -1.15. The first-order valence-corrected chi connectivity index (χ1v) is 9.39. The Bertz CT molecular complexity index is 1360. The fourth-order valence-electron chi connectivity index (χ4n) is 3.53. The van der Waals surface area contributed by atoms with Crippen molar-refractivity contribution < 1.29 is 24.2 Å². The van der Waals surface area contributed by atoms with Gasteiger partial charge in [-0.15, -0.1) is 0 Å². The topological polar surface area (TPSA) is 129 Å². The average Bonchev–Trinajstić information content (AvgIpc) is 2.71. The molecule has 0 saturated carbocycles. The van der Waals surface area contributed by atoms with Gasteiger partial charge in [0.1, 0.15) is 17.1 Å². The number of rotatable bonds is 5. The number of fused-ring (bicyclic) bond motifs is 2. The highest BCUT2D eigenvalue weighted by Crippen LogP contribution is 2.42. The lowest BCUT2D eigenvalue weighted by atomic mass is 9.90. The van der Waals surface area contributed by atoms with Crippen molar-refractivity contribution in [3.8, 4) is 28.2 Å². The summed E-state index contributed by atoms with van der Waals surface area (Å²) in [5.74, 6) is -1.22. The van der Waals surface area contributed by atoms with E-state index in [0.717, 1.165) is 0 Å². The van der Waals surface area contributed by atoms with Crippen molar-refractivity contribution in [2.75, 3.05) is 18.9 Å². The van der Waals surface area contributed by atoms with Crippen molar-refractivity contribution in [2.45, 2.75) is 0 Å². The first-order chi connectivity index (χ1) is 14.9. The molecule has 4 rings (SSSR count). The zero-order valence-corrected chi connectivity index (χ0v) is 16.4. The molecule has 1 aliphatic heterocycles. The molecule has 8 nitrogen and oxygen atoms in total. The second-order valence-corrected chi connectivity index (χ2v) is 6.96. The summed E-state index contributed by atoms with van der Waals surface area (Å²) in [7, 11) is 1.64. The minimum Gasteiger partial charge on any atom is -0.508 e. The van der Waals surface area contributed by atoms with Crippen LogP contribution in [0.15, 0.2) is 63.8 Å². The number of phenolic OH excluding ortho intramolecular Hbond substituents is 1. The van der Waals surface area contributed by atoms with Crippen LogP contribution in [-0.2, 0) is 4.79 Å². The van der Waals surface area contributed by atoms with E-state index in [-0.39, 0.29) is 40.5 Å². The molecule has 2 aromatic carbocycles. The second kappa shape index (κ2) is 7.92. The fraction of sp³-hybridized carbons (Fsp3) is 0.0870. The van der Waals surface area contributed by atoms with Crippen molar-refractivity contribution >= 4 is 28.5 Å². The molecule has 2 aromatic rings. The summed E-state index contributed by atoms with van der Waals surface area (Å²) in [5.41, 5.74) is 1.82. The molecule has 0 unspecified atom stereocenters. The van der Waals surface area contributed by atoms with E-state index in [0.29, 0.717) is 27.8 Å². The van der Waals surface area contributed by atoms with Crippen molar-refractivity contribution in [3.63, 3.8) is 0 Å². The predicted molar refractivity (Wildman–Crippen MR) is 116 cm³/mol. The Kier molecular flexibility index (Phi) is 5.14. The summed E-state index contributed by atoms with van der Waals surface area (Å²) in [4.78, 5) is 35.9. The van der Waals surface area contributed by atoms with Gasteiger partial charge in [-0.05, 0) is 55.1 Å². The quantitative estimate of drug-likeness (QED) is 0.367. The first-order valence-electron chi connectivity index (χ1n) is 9.39. The van der Waals surface area contributed by atoms with E-state index in [4.69, 9.17) is 4.42 Å². The zero-order valence-electron chi connectivity index (χ0n) is 16.4. The number of likely N-dealkylation sites (N-methyl/N-ethyl adjacent to an activating group) is 1. The number of phenols is 1. The summed E-state index contributed by atoms with van der Waals surface area (Å²) < 4.78 is 5.81. The molecule has 0 saturated heterocycles. The van der Waals surface area contributed by atoms with Crippen LogP contribution in [0.2, 0.25) is 0 Å². The van der Waals surface area contributed by atoms with Crippen LogP contribution < -0.4 is 16.1 Å². The molecule has 156 valence electrons. The number of amides is 1. The molecule has 4 N–H and O–H groups in total. The number of hydrogen-bond acceptors (Lipinski definition) is 6. The predicted octanol–water partition coefficient (Wildman–Crippen LogP) is 3.13. The maximum absolute atomic E-state index is 12.0. The van der Waals surface area contributed by atoms with Gasteiger partial charge in [0.2, 0.25) is 5.91 Å². The molecule has 0 atom stereocenters. The van der Waals surface area contributed by atoms with Gasteiger partial charge in [0.15, 0.2) is 5.43 Å². The Labute approximate surface area is 176 Å². The Morgan fingerprint density at radius 3 is 2.55 bits per heavy atom. The van der Waals surface area contributed by atoms with E-state index >= 15 is 0 Å². The Hall–Kier alpha value is -4.17. The number of hydrogen-bond donors (Lipinski definition) is 4. The van der Waals surface area contributed by atoms with E-state index in [1.54, 1.807) is 25.2 Å². The lowest BCUT2D eigenvalue weighted by molar-refractivity contribution is -0.115. The lowest BCUT2D eigenvalue weighted by Crippen LogP contribution is -2.25. The molecular formula is C23H18N2O6. The number of carboxylic acids is 1. The smallest absolute Gasteiger partial charge is 0.336 e. The Balaban J connectivity index is 2.05. The third-order valence-corrected chi connectivity index (χ3v) is 4.82. The number of carbonyl (C=O) groups is 2. The number of carboxylic acid groups (broad SMARTS) is 1. The molecule has 2 aliphatic rings. The van der Waals surface area contributed by atoms with Gasteiger partial charge in [0.25, 0.3) is 0 Å². The maximum atomic E-state index is 12.0. The highest BCUT2D eigenvalue weighted by Gasteiger charge is 2.22. The van der Waals surface area contributed by atoms with Crippen LogP contribution in [0.1, 0.15) is 10.4 Å². The summed E-state index contributed by atoms with van der Waals surface area (Å²) in [5, 5.41) is 25.7. The molecular weight excluding hydrogens is 400 g/mol. The molecule has 1 heterocycles. The molecule has 1 amide bonds. The van der Waals surface area contributed by atoms with Gasteiger partial charge in [-0.2, -0.15) is 0 Å². The maximum Gasteiger partial charge on any atom is 0.336 e. The number of nitrogens with one attached hydrogen (secondary N) is 2. The summed E-state index contributed by atoms with van der Waals surface area (Å²) >= 11 is 0. The van der Waals surface area contributed by atoms with Crippen molar-refractivity contribution in [1.29, 1.82) is 0 Å². The van der Waals surface area contributed by atoms with E-state index in [1.165, 1.54) is 36.4 Å². The van der Waals surface area contributed by atoms with Gasteiger partial charge in [-0.1, -0.05) is 0 Å². The first kappa shape index (κ1) is 20.1. The van der Waals surface area contributed by atoms with Crippen molar-refractivity contribution in [2.24, 2.45) is 0 Å². The zero-order chi connectivity index (χ0) is 22.1. The van der Waals surface area contributed by atoms with Gasteiger partial charge in [-0.3, -0.25) is 9.59 Å². The number of aromatic carboxylic acids is 1. The van der Waals surface area contributed by atoms with Crippen LogP contribution in [0.5, 0.6) is 5.75 Å². The highest BCUT2D eigenvalue weighted by molar-refractivity contribution is 6.08. The Morgan fingerprint density at radius 2 is 1.81 bits per heavy atom. The van der Waals surface area contributed by atoms with E-state index < -0.39 is 5.97 Å². The molecule has 8 heteroatoms. The fourth-order valence-corrected chi connectivity index (χ4v) is 3.53. The normalized spacial score (nSPS) is 11.0. The van der Waals surface area contributed by atoms with Crippen LogP contribution in [0.25, 0.3) is 33.4 Å². The van der Waals surface area contributed by atoms with Gasteiger partial charge in [0, 0.05) is 34.3 Å². The molecule has 0 fully saturated rings. The van der Waals surface area contributed by atoms with Gasteiger partial charge in [-0.25, -0.2) is 4.79 Å². The summed E-state index contributed by atoms with van der Waals surface area (Å²) in [6.45, 7) is 0.0949. The molecule has 0 aromatic heterocycles. The average molecular weight is 418 g/mol. The summed E-state index contributed by atoms with van der Waals surface area (Å²) in [6.07, 6.45) is 0.